The van der Waals surface area contributed by atoms with Crippen molar-refractivity contribution >= 4 is 29.9 Å². The van der Waals surface area contributed by atoms with Crippen molar-refractivity contribution in [2.24, 2.45) is 5.73 Å². The maximum Gasteiger partial charge on any atom is 0.237 e. The number of carbonyl (C=O) groups is 2. The van der Waals surface area contributed by atoms with Crippen LogP contribution in [0.4, 0.5) is 5.69 Å². The Morgan fingerprint density at radius 2 is 1.92 bits per heavy atom. The van der Waals surface area contributed by atoms with Gasteiger partial charge in [-0.3, -0.25) is 9.59 Å². The van der Waals surface area contributed by atoms with Crippen LogP contribution in [0.2, 0.25) is 0 Å². The first kappa shape index (κ1) is 19.9. The third-order valence-electron chi connectivity index (χ3n) is 4.52. The van der Waals surface area contributed by atoms with Gasteiger partial charge in [0.2, 0.25) is 11.8 Å². The molecule has 2 aromatic rings. The van der Waals surface area contributed by atoms with Gasteiger partial charge in [-0.2, -0.15) is 0 Å². The van der Waals surface area contributed by atoms with Crippen LogP contribution in [0.5, 0.6) is 0 Å². The molecule has 4 N–H and O–H groups in total. The number of hydrogen-bond donors (Lipinski definition) is 3. The molecule has 26 heavy (non-hydrogen) atoms. The van der Waals surface area contributed by atoms with Crippen LogP contribution in [0, 0.1) is 0 Å². The molecule has 1 aliphatic rings. The van der Waals surface area contributed by atoms with Crippen molar-refractivity contribution in [3.63, 3.8) is 0 Å². The largest absolute Gasteiger partial charge is 0.348 e. The number of nitrogens with two attached hydrogens (primary N) is 1. The molecule has 2 aromatic carbocycles. The molecule has 0 saturated carbocycles. The molecule has 0 radical (unpaired) electrons. The molecule has 0 aromatic heterocycles. The highest BCUT2D eigenvalue weighted by atomic mass is 35.5. The zero-order chi connectivity index (χ0) is 17.8. The van der Waals surface area contributed by atoms with Gasteiger partial charge in [0.1, 0.15) is 0 Å². The number of benzene rings is 2. The molecule has 2 unspecified atom stereocenters. The minimum atomic E-state index is -0.582. The molecule has 1 aliphatic heterocycles. The van der Waals surface area contributed by atoms with Gasteiger partial charge >= 0.3 is 0 Å². The molecule has 3 rings (SSSR count). The monoisotopic (exact) mass is 373 g/mol. The SMILES string of the molecule is CC(NC(=O)C(N)Cc1ccccc1)c1ccc2c(c1)CCC(=O)N2.Cl. The number of rotatable bonds is 5. The van der Waals surface area contributed by atoms with E-state index in [2.05, 4.69) is 10.6 Å². The highest BCUT2D eigenvalue weighted by molar-refractivity contribution is 5.94. The van der Waals surface area contributed by atoms with Gasteiger partial charge in [-0.15, -0.1) is 12.4 Å². The Hall–Kier alpha value is -2.37. The fourth-order valence-electron chi connectivity index (χ4n) is 3.04. The van der Waals surface area contributed by atoms with Crippen LogP contribution < -0.4 is 16.4 Å². The standard InChI is InChI=1S/C20H23N3O2.ClH/c1-13(15-7-9-18-16(12-15)8-10-19(24)23-18)22-20(25)17(21)11-14-5-3-2-4-6-14;/h2-7,9,12-13,17H,8,10-11,21H2,1H3,(H,22,25)(H,23,24);1H. The molecule has 5 nitrogen and oxygen atoms in total. The third kappa shape index (κ3) is 4.84. The molecule has 138 valence electrons. The summed E-state index contributed by atoms with van der Waals surface area (Å²) < 4.78 is 0. The summed E-state index contributed by atoms with van der Waals surface area (Å²) in [6.45, 7) is 1.94. The normalized spacial score (nSPS) is 15.1. The van der Waals surface area contributed by atoms with Crippen LogP contribution in [0.25, 0.3) is 0 Å². The fraction of sp³-hybridized carbons (Fsp3) is 0.300. The third-order valence-corrected chi connectivity index (χ3v) is 4.52. The van der Waals surface area contributed by atoms with Crippen molar-refractivity contribution in [1.29, 1.82) is 0 Å². The van der Waals surface area contributed by atoms with Crippen LogP contribution in [0.15, 0.2) is 48.5 Å². The van der Waals surface area contributed by atoms with Crippen molar-refractivity contribution in [3.8, 4) is 0 Å². The molecular formula is C20H24ClN3O2. The van der Waals surface area contributed by atoms with E-state index in [0.29, 0.717) is 12.8 Å². The molecule has 1 heterocycles. The van der Waals surface area contributed by atoms with Crippen LogP contribution >= 0.6 is 12.4 Å². The van der Waals surface area contributed by atoms with E-state index in [-0.39, 0.29) is 30.3 Å². The van der Waals surface area contributed by atoms with Crippen LogP contribution in [0.3, 0.4) is 0 Å². The minimum Gasteiger partial charge on any atom is -0.348 e. The van der Waals surface area contributed by atoms with E-state index < -0.39 is 6.04 Å². The number of carbonyl (C=O) groups excluding carboxylic acids is 2. The predicted octanol–water partition coefficient (Wildman–Crippen LogP) is 2.74. The summed E-state index contributed by atoms with van der Waals surface area (Å²) in [5.41, 5.74) is 10.1. The van der Waals surface area contributed by atoms with E-state index in [0.717, 1.165) is 28.8 Å². The summed E-state index contributed by atoms with van der Waals surface area (Å²) in [5, 5.41) is 5.85. The fourth-order valence-corrected chi connectivity index (χ4v) is 3.04. The van der Waals surface area contributed by atoms with Gasteiger partial charge in [0.05, 0.1) is 12.1 Å². The summed E-state index contributed by atoms with van der Waals surface area (Å²) in [7, 11) is 0. The smallest absolute Gasteiger partial charge is 0.237 e. The van der Waals surface area contributed by atoms with E-state index in [1.54, 1.807) is 0 Å². The van der Waals surface area contributed by atoms with E-state index >= 15 is 0 Å². The van der Waals surface area contributed by atoms with Crippen LogP contribution in [0.1, 0.15) is 36.1 Å². The Labute approximate surface area is 159 Å². The Kier molecular flexibility index (Phi) is 6.77. The topological polar surface area (TPSA) is 84.2 Å². The number of hydrogen-bond acceptors (Lipinski definition) is 3. The van der Waals surface area contributed by atoms with E-state index in [4.69, 9.17) is 5.73 Å². The van der Waals surface area contributed by atoms with Crippen molar-refractivity contribution in [2.75, 3.05) is 5.32 Å². The Morgan fingerprint density at radius 3 is 2.65 bits per heavy atom. The number of halogens is 1. The lowest BCUT2D eigenvalue weighted by atomic mass is 9.97. The molecule has 0 aliphatic carbocycles. The van der Waals surface area contributed by atoms with E-state index in [9.17, 15) is 9.59 Å². The summed E-state index contributed by atoms with van der Waals surface area (Å²) in [6, 6.07) is 14.9. The van der Waals surface area contributed by atoms with Crippen molar-refractivity contribution in [2.45, 2.75) is 38.3 Å². The molecule has 0 spiro atoms. The van der Waals surface area contributed by atoms with Crippen LogP contribution in [-0.4, -0.2) is 17.9 Å². The second-order valence-electron chi connectivity index (χ2n) is 6.49. The maximum atomic E-state index is 12.4. The molecule has 0 bridgehead atoms. The van der Waals surface area contributed by atoms with Gasteiger partial charge in [-0.25, -0.2) is 0 Å². The van der Waals surface area contributed by atoms with Gasteiger partial charge in [-0.1, -0.05) is 42.5 Å². The summed E-state index contributed by atoms with van der Waals surface area (Å²) in [5.74, 6) is -0.115. The molecule has 0 fully saturated rings. The number of amides is 2. The Bertz CT molecular complexity index is 780. The van der Waals surface area contributed by atoms with Crippen molar-refractivity contribution in [1.82, 2.24) is 5.32 Å². The Balaban J connectivity index is 0.00000243. The molecule has 0 saturated heterocycles. The Morgan fingerprint density at radius 1 is 1.19 bits per heavy atom. The lowest BCUT2D eigenvalue weighted by molar-refractivity contribution is -0.123. The van der Waals surface area contributed by atoms with Gasteiger partial charge in [-0.05, 0) is 42.5 Å². The lowest BCUT2D eigenvalue weighted by Gasteiger charge is -2.21. The molecule has 6 heteroatoms. The second-order valence-corrected chi connectivity index (χ2v) is 6.49. The number of fused-ring (bicyclic) bond motifs is 1. The average Bonchev–Trinajstić information content (AvgIpc) is 2.62. The van der Waals surface area contributed by atoms with Crippen LogP contribution in [-0.2, 0) is 22.4 Å². The highest BCUT2D eigenvalue weighted by Crippen LogP contribution is 2.26. The van der Waals surface area contributed by atoms with Crippen molar-refractivity contribution in [3.05, 3.63) is 65.2 Å². The first-order chi connectivity index (χ1) is 12.0. The minimum absolute atomic E-state index is 0. The summed E-state index contributed by atoms with van der Waals surface area (Å²) >= 11 is 0. The number of nitrogens with one attached hydrogen (secondary N) is 2. The van der Waals surface area contributed by atoms with Gasteiger partial charge in [0.25, 0.3) is 0 Å². The average molecular weight is 374 g/mol. The zero-order valence-electron chi connectivity index (χ0n) is 14.7. The van der Waals surface area contributed by atoms with Gasteiger partial charge in [0, 0.05) is 12.1 Å². The molecule has 2 amide bonds. The summed E-state index contributed by atoms with van der Waals surface area (Å²) in [6.07, 6.45) is 1.73. The quantitative estimate of drug-likeness (QED) is 0.753. The maximum absolute atomic E-state index is 12.4. The van der Waals surface area contributed by atoms with E-state index in [1.807, 2.05) is 55.5 Å². The number of aryl methyl sites for hydroxylation is 1. The molecule has 2 atom stereocenters. The highest BCUT2D eigenvalue weighted by Gasteiger charge is 2.19. The summed E-state index contributed by atoms with van der Waals surface area (Å²) in [4.78, 5) is 23.8. The number of anilines is 1. The second kappa shape index (κ2) is 8.83. The van der Waals surface area contributed by atoms with Gasteiger partial charge in [0.15, 0.2) is 0 Å². The zero-order valence-corrected chi connectivity index (χ0v) is 15.5. The predicted molar refractivity (Wildman–Crippen MR) is 105 cm³/mol. The first-order valence-corrected chi connectivity index (χ1v) is 8.55. The van der Waals surface area contributed by atoms with Gasteiger partial charge < -0.3 is 16.4 Å². The van der Waals surface area contributed by atoms with E-state index in [1.165, 1.54) is 0 Å². The van der Waals surface area contributed by atoms with Crippen molar-refractivity contribution < 1.29 is 9.59 Å². The first-order valence-electron chi connectivity index (χ1n) is 8.55. The molecular weight excluding hydrogens is 350 g/mol. The lowest BCUT2D eigenvalue weighted by Crippen LogP contribution is -2.43.